The van der Waals surface area contributed by atoms with E-state index >= 15 is 0 Å². The predicted molar refractivity (Wildman–Crippen MR) is 164 cm³/mol. The summed E-state index contributed by atoms with van der Waals surface area (Å²) in [6.45, 7) is 1.78. The van der Waals surface area contributed by atoms with Gasteiger partial charge in [0.15, 0.2) is 0 Å². The molecule has 2 aliphatic heterocycles. The number of carbonyl (C=O) groups excluding carboxylic acids is 1. The van der Waals surface area contributed by atoms with Crippen LogP contribution in [0.5, 0.6) is 0 Å². The van der Waals surface area contributed by atoms with Gasteiger partial charge in [-0.25, -0.2) is 9.78 Å². The van der Waals surface area contributed by atoms with Crippen molar-refractivity contribution in [2.24, 2.45) is 0 Å². The zero-order valence-corrected chi connectivity index (χ0v) is 27.0. The van der Waals surface area contributed by atoms with Crippen LogP contribution in [0.1, 0.15) is 29.7 Å². The molecule has 17 heteroatoms. The Hall–Kier alpha value is -4.14. The molecule has 1 amide bonds. The average Bonchev–Trinajstić information content (AvgIpc) is 3.48. The molecule has 0 bridgehead atoms. The normalized spacial score (nSPS) is 21.7. The molecule has 3 heterocycles. The quantitative estimate of drug-likeness (QED) is 0.284. The van der Waals surface area contributed by atoms with E-state index in [1.165, 1.54) is 11.0 Å². The number of hydrogen-bond acceptors (Lipinski definition) is 12. The summed E-state index contributed by atoms with van der Waals surface area (Å²) in [6, 6.07) is 10.8. The van der Waals surface area contributed by atoms with Crippen molar-refractivity contribution in [3.63, 3.8) is 0 Å². The van der Waals surface area contributed by atoms with Crippen LogP contribution in [0.15, 0.2) is 36.1 Å². The lowest BCUT2D eigenvalue weighted by Gasteiger charge is -2.41. The fraction of sp³-hybridized carbons (Fsp3) is 0.533. The van der Waals surface area contributed by atoms with Crippen LogP contribution in [0.2, 0.25) is 0 Å². The molecule has 1 aromatic carbocycles. The van der Waals surface area contributed by atoms with E-state index in [9.17, 15) is 31.6 Å². The van der Waals surface area contributed by atoms with Gasteiger partial charge in [0.2, 0.25) is 5.95 Å². The topological polar surface area (TPSA) is 141 Å². The number of allylic oxidation sites excluding steroid dienone is 1. The lowest BCUT2D eigenvalue weighted by molar-refractivity contribution is -0.0523. The highest BCUT2D eigenvalue weighted by molar-refractivity contribution is 7.87. The van der Waals surface area contributed by atoms with Crippen molar-refractivity contribution in [2.45, 2.75) is 49.6 Å². The number of ether oxygens (including phenoxy) is 2. The van der Waals surface area contributed by atoms with Crippen molar-refractivity contribution < 1.29 is 40.0 Å². The molecule has 5 rings (SSSR count). The Morgan fingerprint density at radius 2 is 1.83 bits per heavy atom. The second-order valence-electron chi connectivity index (χ2n) is 11.7. The molecule has 0 spiro atoms. The number of carbonyl (C=O) groups is 1. The Morgan fingerprint density at radius 1 is 1.09 bits per heavy atom. The predicted octanol–water partition coefficient (Wildman–Crippen LogP) is 3.14. The van der Waals surface area contributed by atoms with Gasteiger partial charge in [-0.1, -0.05) is 30.3 Å². The van der Waals surface area contributed by atoms with Crippen molar-refractivity contribution >= 4 is 34.1 Å². The standard InChI is InChI=1S/C30H36F3N7O6S/c1-37(2)25-17-39(18-26(25)44-3)28-35-24-15-22(46-47(42,43)30(31,32)33)9-10-23(24)27(36-28)38-13-14-40(21(16-38)11-12-34)29(41)45-19-20-7-5-4-6-8-20/h4-8,15,21,25-26H,9-11,13-14,16-19H2,1-3H3/t21-,25?,26?/m0/s1. The molecule has 13 nitrogen and oxygen atoms in total. The molecule has 254 valence electrons. The van der Waals surface area contributed by atoms with Gasteiger partial charge in [0.05, 0.1) is 36.4 Å². The monoisotopic (exact) mass is 679 g/mol. The number of amides is 1. The highest BCUT2D eigenvalue weighted by atomic mass is 32.2. The first-order valence-corrected chi connectivity index (χ1v) is 16.4. The Kier molecular flexibility index (Phi) is 10.1. The first kappa shape index (κ1) is 34.2. The Bertz CT molecular complexity index is 1630. The summed E-state index contributed by atoms with van der Waals surface area (Å²) < 4.78 is 78.6. The molecule has 2 unspecified atom stereocenters. The number of nitrogens with zero attached hydrogens (tertiary/aromatic N) is 7. The Balaban J connectivity index is 1.45. The zero-order chi connectivity index (χ0) is 33.9. The summed E-state index contributed by atoms with van der Waals surface area (Å²) in [5.41, 5.74) is -3.94. The number of anilines is 2. The molecule has 1 aliphatic carbocycles. The van der Waals surface area contributed by atoms with Gasteiger partial charge in [0.25, 0.3) is 0 Å². The molecule has 0 saturated carbocycles. The van der Waals surface area contributed by atoms with Gasteiger partial charge in [-0.05, 0) is 26.1 Å². The van der Waals surface area contributed by atoms with E-state index in [2.05, 4.69) is 15.2 Å². The van der Waals surface area contributed by atoms with E-state index in [4.69, 9.17) is 14.5 Å². The number of halogens is 3. The number of likely N-dealkylation sites (N-methyl/N-ethyl adjacent to an activating group) is 1. The van der Waals surface area contributed by atoms with Crippen LogP contribution in [0, 0.1) is 11.3 Å². The van der Waals surface area contributed by atoms with E-state index in [1.54, 1.807) is 7.11 Å². The molecule has 0 N–H and O–H groups in total. The number of alkyl halides is 3. The molecule has 1 aromatic heterocycles. The van der Waals surface area contributed by atoms with Crippen molar-refractivity contribution in [2.75, 3.05) is 63.7 Å². The van der Waals surface area contributed by atoms with Crippen LogP contribution in [0.3, 0.4) is 0 Å². The Labute approximate surface area is 271 Å². The number of piperazine rings is 1. The summed E-state index contributed by atoms with van der Waals surface area (Å²) in [6.07, 6.45) is 0.471. The lowest BCUT2D eigenvalue weighted by atomic mass is 10.00. The molecular weight excluding hydrogens is 643 g/mol. The van der Waals surface area contributed by atoms with E-state index in [-0.39, 0.29) is 68.5 Å². The summed E-state index contributed by atoms with van der Waals surface area (Å²) in [7, 11) is -0.415. The minimum absolute atomic E-state index is 0.0000929. The maximum atomic E-state index is 13.1. The number of methoxy groups -OCH3 is 1. The minimum atomic E-state index is -5.87. The molecule has 3 aliphatic rings. The van der Waals surface area contributed by atoms with Gasteiger partial charge in [-0.15, -0.1) is 0 Å². The number of fused-ring (bicyclic) bond motifs is 1. The van der Waals surface area contributed by atoms with Crippen LogP contribution in [-0.2, 0) is 36.8 Å². The summed E-state index contributed by atoms with van der Waals surface area (Å²) in [4.78, 5) is 30.0. The minimum Gasteiger partial charge on any atom is -0.445 e. The zero-order valence-electron chi connectivity index (χ0n) is 26.2. The summed E-state index contributed by atoms with van der Waals surface area (Å²) >= 11 is 0. The largest absolute Gasteiger partial charge is 0.534 e. The molecule has 3 atom stereocenters. The highest BCUT2D eigenvalue weighted by Crippen LogP contribution is 2.36. The van der Waals surface area contributed by atoms with E-state index in [0.29, 0.717) is 31.0 Å². The van der Waals surface area contributed by atoms with Gasteiger partial charge in [-0.3, -0.25) is 0 Å². The van der Waals surface area contributed by atoms with Crippen LogP contribution in [-0.4, -0.2) is 112 Å². The van der Waals surface area contributed by atoms with Crippen LogP contribution in [0.25, 0.3) is 6.08 Å². The van der Waals surface area contributed by atoms with Gasteiger partial charge in [-0.2, -0.15) is 31.8 Å². The smallest absolute Gasteiger partial charge is 0.445 e. The lowest BCUT2D eigenvalue weighted by Crippen LogP contribution is -2.55. The third-order valence-corrected chi connectivity index (χ3v) is 9.46. The fourth-order valence-corrected chi connectivity index (χ4v) is 6.49. The van der Waals surface area contributed by atoms with Crippen molar-refractivity contribution in [1.29, 1.82) is 5.26 Å². The number of hydrogen-bond donors (Lipinski definition) is 0. The number of rotatable bonds is 9. The van der Waals surface area contributed by atoms with Crippen molar-refractivity contribution in [3.8, 4) is 6.07 Å². The number of aromatic nitrogens is 2. The maximum absolute atomic E-state index is 13.1. The van der Waals surface area contributed by atoms with Gasteiger partial charge < -0.3 is 33.3 Å². The average molecular weight is 680 g/mol. The van der Waals surface area contributed by atoms with E-state index < -0.39 is 27.8 Å². The Morgan fingerprint density at radius 3 is 2.47 bits per heavy atom. The molecule has 2 aromatic rings. The summed E-state index contributed by atoms with van der Waals surface area (Å²) in [5.74, 6) is 0.380. The summed E-state index contributed by atoms with van der Waals surface area (Å²) in [5, 5.41) is 9.61. The first-order chi connectivity index (χ1) is 22.3. The number of nitriles is 1. The third-order valence-electron chi connectivity index (χ3n) is 8.46. The second kappa shape index (κ2) is 13.9. The number of benzene rings is 1. The van der Waals surface area contributed by atoms with Crippen molar-refractivity contribution in [1.82, 2.24) is 19.8 Å². The van der Waals surface area contributed by atoms with Gasteiger partial charge >= 0.3 is 21.7 Å². The van der Waals surface area contributed by atoms with Gasteiger partial charge in [0, 0.05) is 57.9 Å². The van der Waals surface area contributed by atoms with E-state index in [0.717, 1.165) is 5.56 Å². The highest BCUT2D eigenvalue weighted by Gasteiger charge is 2.49. The van der Waals surface area contributed by atoms with E-state index in [1.807, 2.05) is 59.1 Å². The molecule has 2 fully saturated rings. The first-order valence-electron chi connectivity index (χ1n) is 15.0. The second-order valence-corrected chi connectivity index (χ2v) is 13.2. The van der Waals surface area contributed by atoms with Crippen molar-refractivity contribution in [3.05, 3.63) is 52.9 Å². The molecule has 0 radical (unpaired) electrons. The van der Waals surface area contributed by atoms with Crippen LogP contribution >= 0.6 is 0 Å². The SMILES string of the molecule is COC1CN(c2nc3c(c(N4CCN(C(=O)OCc5ccccc5)[C@@H](CC#N)C4)n2)CCC(OS(=O)(=O)C(F)(F)F)=C3)CC1N(C)C. The third kappa shape index (κ3) is 7.55. The molecular formula is C30H36F3N7O6S. The molecule has 47 heavy (non-hydrogen) atoms. The van der Waals surface area contributed by atoms with Crippen LogP contribution in [0.4, 0.5) is 29.7 Å². The fourth-order valence-electron chi connectivity index (χ4n) is 5.98. The molecule has 2 saturated heterocycles. The van der Waals surface area contributed by atoms with Gasteiger partial charge in [0.1, 0.15) is 18.2 Å². The van der Waals surface area contributed by atoms with Crippen LogP contribution < -0.4 is 9.80 Å². The maximum Gasteiger partial charge on any atom is 0.534 e.